The van der Waals surface area contributed by atoms with Crippen LogP contribution in [-0.2, 0) is 16.0 Å². The highest BCUT2D eigenvalue weighted by Crippen LogP contribution is 2.22. The van der Waals surface area contributed by atoms with E-state index >= 15 is 0 Å². The third kappa shape index (κ3) is 3.68. The molecule has 0 spiro atoms. The summed E-state index contributed by atoms with van der Waals surface area (Å²) in [6.07, 6.45) is 0.165. The van der Waals surface area contributed by atoms with Gasteiger partial charge >= 0.3 is 0 Å². The predicted octanol–water partition coefficient (Wildman–Crippen LogP) is 1.63. The summed E-state index contributed by atoms with van der Waals surface area (Å²) in [5, 5.41) is 11.4. The molecule has 2 heterocycles. The molecule has 1 aromatic carbocycles. The molecule has 2 aromatic rings. The van der Waals surface area contributed by atoms with Gasteiger partial charge in [0.25, 0.3) is 0 Å². The molecular weight excluding hydrogens is 292 g/mol. The maximum Gasteiger partial charge on any atom is 0.248 e. The number of aliphatic hydroxyl groups is 1. The molecule has 2 atom stereocenters. The molecule has 122 valence electrons. The second-order valence-corrected chi connectivity index (χ2v) is 5.96. The first-order chi connectivity index (χ1) is 11.2. The van der Waals surface area contributed by atoms with Gasteiger partial charge in [0.15, 0.2) is 0 Å². The fraction of sp³-hybridized carbons (Fsp3) is 0.444. The monoisotopic (exact) mass is 314 g/mol. The molecule has 0 bridgehead atoms. The van der Waals surface area contributed by atoms with Gasteiger partial charge in [-0.15, -0.1) is 0 Å². The molecular formula is C18H22N2O3. The summed E-state index contributed by atoms with van der Waals surface area (Å²) in [4.78, 5) is 18.3. The van der Waals surface area contributed by atoms with Crippen LogP contribution in [0.2, 0.25) is 0 Å². The number of hydrogen-bond donors (Lipinski definition) is 1. The zero-order valence-electron chi connectivity index (χ0n) is 13.3. The highest BCUT2D eigenvalue weighted by molar-refractivity contribution is 5.78. The molecule has 0 aliphatic carbocycles. The fourth-order valence-corrected chi connectivity index (χ4v) is 3.03. The maximum absolute atomic E-state index is 12.0. The normalized spacial score (nSPS) is 21.0. The maximum atomic E-state index is 12.0. The zero-order valence-corrected chi connectivity index (χ0v) is 13.3. The van der Waals surface area contributed by atoms with Crippen LogP contribution in [0.15, 0.2) is 36.4 Å². The Bertz CT molecular complexity index is 689. The average Bonchev–Trinajstić information content (AvgIpc) is 2.93. The molecule has 1 aromatic heterocycles. The minimum Gasteiger partial charge on any atom is -0.391 e. The van der Waals surface area contributed by atoms with E-state index in [2.05, 4.69) is 11.1 Å². The molecule has 23 heavy (non-hydrogen) atoms. The summed E-state index contributed by atoms with van der Waals surface area (Å²) in [5.74, 6) is -0.0332. The molecule has 1 N–H and O–H groups in total. The second-order valence-electron chi connectivity index (χ2n) is 5.96. The lowest BCUT2D eigenvalue weighted by molar-refractivity contribution is -0.135. The molecule has 3 rings (SSSR count). The Morgan fingerprint density at radius 1 is 1.30 bits per heavy atom. The molecule has 1 saturated heterocycles. The Balaban J connectivity index is 1.66. The number of nitrogens with zero attached hydrogens (tertiary/aromatic N) is 2. The van der Waals surface area contributed by atoms with Crippen molar-refractivity contribution < 1.29 is 14.6 Å². The van der Waals surface area contributed by atoms with Crippen molar-refractivity contribution in [1.29, 1.82) is 0 Å². The Morgan fingerprint density at radius 2 is 2.13 bits per heavy atom. The minimum atomic E-state index is -0.506. The molecule has 0 saturated carbocycles. The van der Waals surface area contributed by atoms with Crippen molar-refractivity contribution in [2.75, 3.05) is 26.3 Å². The number of aliphatic hydroxyl groups excluding tert-OH is 1. The van der Waals surface area contributed by atoms with E-state index in [9.17, 15) is 9.90 Å². The van der Waals surface area contributed by atoms with Crippen LogP contribution in [0.4, 0.5) is 0 Å². The van der Waals surface area contributed by atoms with E-state index in [1.165, 1.54) is 0 Å². The first kappa shape index (κ1) is 15.9. The number of amides is 1. The molecule has 0 unspecified atom stereocenters. The van der Waals surface area contributed by atoms with E-state index in [1.807, 2.05) is 37.3 Å². The van der Waals surface area contributed by atoms with Crippen LogP contribution >= 0.6 is 0 Å². The van der Waals surface area contributed by atoms with Crippen LogP contribution in [0.25, 0.3) is 10.9 Å². The summed E-state index contributed by atoms with van der Waals surface area (Å²) in [5.41, 5.74) is 1.91. The number of fused-ring (bicyclic) bond motifs is 1. The van der Waals surface area contributed by atoms with Crippen LogP contribution < -0.4 is 0 Å². The van der Waals surface area contributed by atoms with Gasteiger partial charge in [0.05, 0.1) is 11.6 Å². The van der Waals surface area contributed by atoms with Crippen molar-refractivity contribution >= 4 is 16.8 Å². The molecule has 1 fully saturated rings. The SMILES string of the molecule is CCOCC(=O)N1C[C@@H](Cc2ccc3ccccc3n2)[C@H](O)C1. The lowest BCUT2D eigenvalue weighted by Crippen LogP contribution is -2.32. The van der Waals surface area contributed by atoms with Gasteiger partial charge in [-0.3, -0.25) is 9.78 Å². The Hall–Kier alpha value is -1.98. The predicted molar refractivity (Wildman–Crippen MR) is 88.0 cm³/mol. The number of β-amino-alcohol motifs (C(OH)–C–C–N with tert-alkyl or cyclic N) is 1. The molecule has 1 aliphatic rings. The summed E-state index contributed by atoms with van der Waals surface area (Å²) in [7, 11) is 0. The summed E-state index contributed by atoms with van der Waals surface area (Å²) in [6.45, 7) is 3.41. The Kier molecular flexibility index (Phi) is 4.88. The Morgan fingerprint density at radius 3 is 2.96 bits per heavy atom. The van der Waals surface area contributed by atoms with Crippen molar-refractivity contribution in [2.24, 2.45) is 5.92 Å². The van der Waals surface area contributed by atoms with Gasteiger partial charge in [-0.05, 0) is 25.5 Å². The minimum absolute atomic E-state index is 0.0224. The highest BCUT2D eigenvalue weighted by atomic mass is 16.5. The third-order valence-corrected chi connectivity index (χ3v) is 4.32. The van der Waals surface area contributed by atoms with Crippen LogP contribution in [0, 0.1) is 5.92 Å². The van der Waals surface area contributed by atoms with E-state index in [-0.39, 0.29) is 18.4 Å². The van der Waals surface area contributed by atoms with Crippen LogP contribution in [0.3, 0.4) is 0 Å². The van der Waals surface area contributed by atoms with Crippen molar-refractivity contribution in [1.82, 2.24) is 9.88 Å². The summed E-state index contributed by atoms with van der Waals surface area (Å²) < 4.78 is 5.16. The number of carbonyl (C=O) groups excluding carboxylic acids is 1. The van der Waals surface area contributed by atoms with E-state index in [1.54, 1.807) is 4.90 Å². The standard InChI is InChI=1S/C18H22N2O3/c1-2-23-12-18(22)20-10-14(17(21)11-20)9-15-8-7-13-5-3-4-6-16(13)19-15/h3-8,14,17,21H,2,9-12H2,1H3/t14-,17-/m1/s1. The average molecular weight is 314 g/mol. The zero-order chi connectivity index (χ0) is 16.2. The number of ether oxygens (including phenoxy) is 1. The fourth-order valence-electron chi connectivity index (χ4n) is 3.03. The third-order valence-electron chi connectivity index (χ3n) is 4.32. The van der Waals surface area contributed by atoms with Crippen molar-refractivity contribution in [2.45, 2.75) is 19.4 Å². The number of benzene rings is 1. The highest BCUT2D eigenvalue weighted by Gasteiger charge is 2.34. The number of rotatable bonds is 5. The largest absolute Gasteiger partial charge is 0.391 e. The summed E-state index contributed by atoms with van der Waals surface area (Å²) in [6, 6.07) is 12.0. The Labute approximate surface area is 135 Å². The van der Waals surface area contributed by atoms with Gasteiger partial charge in [0, 0.05) is 36.7 Å². The number of likely N-dealkylation sites (tertiary alicyclic amines) is 1. The van der Waals surface area contributed by atoms with Crippen LogP contribution in [0.1, 0.15) is 12.6 Å². The van der Waals surface area contributed by atoms with E-state index in [0.717, 1.165) is 16.6 Å². The molecule has 0 radical (unpaired) electrons. The molecule has 1 aliphatic heterocycles. The van der Waals surface area contributed by atoms with Crippen molar-refractivity contribution in [3.05, 3.63) is 42.1 Å². The number of aromatic nitrogens is 1. The number of carbonyl (C=O) groups is 1. The van der Waals surface area contributed by atoms with Gasteiger partial charge in [0.2, 0.25) is 5.91 Å². The van der Waals surface area contributed by atoms with Crippen molar-refractivity contribution in [3.63, 3.8) is 0 Å². The van der Waals surface area contributed by atoms with E-state index in [4.69, 9.17) is 4.74 Å². The van der Waals surface area contributed by atoms with Gasteiger partial charge in [0.1, 0.15) is 6.61 Å². The van der Waals surface area contributed by atoms with E-state index in [0.29, 0.717) is 26.1 Å². The van der Waals surface area contributed by atoms with Gasteiger partial charge in [-0.25, -0.2) is 0 Å². The quantitative estimate of drug-likeness (QED) is 0.911. The summed E-state index contributed by atoms with van der Waals surface area (Å²) >= 11 is 0. The van der Waals surface area contributed by atoms with E-state index < -0.39 is 6.10 Å². The van der Waals surface area contributed by atoms with Crippen LogP contribution in [-0.4, -0.2) is 53.3 Å². The van der Waals surface area contributed by atoms with Crippen molar-refractivity contribution in [3.8, 4) is 0 Å². The molecule has 5 nitrogen and oxygen atoms in total. The first-order valence-electron chi connectivity index (χ1n) is 8.05. The van der Waals surface area contributed by atoms with Gasteiger partial charge in [-0.2, -0.15) is 0 Å². The topological polar surface area (TPSA) is 62.7 Å². The smallest absolute Gasteiger partial charge is 0.248 e. The molecule has 5 heteroatoms. The second kappa shape index (κ2) is 7.06. The van der Waals surface area contributed by atoms with Gasteiger partial charge in [-0.1, -0.05) is 24.3 Å². The lowest BCUT2D eigenvalue weighted by atomic mass is 9.99. The van der Waals surface area contributed by atoms with Crippen LogP contribution in [0.5, 0.6) is 0 Å². The lowest BCUT2D eigenvalue weighted by Gasteiger charge is -2.16. The molecule has 1 amide bonds. The first-order valence-corrected chi connectivity index (χ1v) is 8.05. The number of para-hydroxylation sites is 1. The number of hydrogen-bond acceptors (Lipinski definition) is 4. The number of pyridine rings is 1. The van der Waals surface area contributed by atoms with Gasteiger partial charge < -0.3 is 14.7 Å².